The summed E-state index contributed by atoms with van der Waals surface area (Å²) in [7, 11) is 1.85. The Morgan fingerprint density at radius 3 is 2.61 bits per heavy atom. The molecule has 0 atom stereocenters. The molecular formula is C15H24N2O. The number of carbonyl (C=O) groups excluding carboxylic acids is 1. The summed E-state index contributed by atoms with van der Waals surface area (Å²) in [5.74, 6) is 0. The van der Waals surface area contributed by atoms with E-state index in [0.717, 1.165) is 38.8 Å². The van der Waals surface area contributed by atoms with Crippen molar-refractivity contribution >= 4 is 6.03 Å². The van der Waals surface area contributed by atoms with E-state index < -0.39 is 0 Å². The van der Waals surface area contributed by atoms with E-state index in [0.29, 0.717) is 0 Å². The zero-order chi connectivity index (χ0) is 13.2. The molecule has 100 valence electrons. The molecule has 0 saturated carbocycles. The van der Waals surface area contributed by atoms with Gasteiger partial charge in [-0.1, -0.05) is 43.7 Å². The maximum Gasteiger partial charge on any atom is 0.317 e. The van der Waals surface area contributed by atoms with Gasteiger partial charge in [0.2, 0.25) is 0 Å². The number of nitrogens with zero attached hydrogens (tertiary/aromatic N) is 1. The van der Waals surface area contributed by atoms with Crippen LogP contribution in [0.3, 0.4) is 0 Å². The Hall–Kier alpha value is -1.51. The normalized spacial score (nSPS) is 10.1. The third-order valence-corrected chi connectivity index (χ3v) is 2.96. The fourth-order valence-electron chi connectivity index (χ4n) is 1.76. The number of hydrogen-bond donors (Lipinski definition) is 1. The van der Waals surface area contributed by atoms with Crippen LogP contribution in [0, 0.1) is 0 Å². The summed E-state index contributed by atoms with van der Waals surface area (Å²) in [6.07, 6.45) is 4.18. The molecule has 1 aromatic carbocycles. The molecule has 3 nitrogen and oxygen atoms in total. The minimum absolute atomic E-state index is 0.0384. The molecular weight excluding hydrogens is 224 g/mol. The molecule has 0 heterocycles. The van der Waals surface area contributed by atoms with Gasteiger partial charge >= 0.3 is 6.03 Å². The lowest BCUT2D eigenvalue weighted by atomic mass is 10.1. The zero-order valence-electron chi connectivity index (χ0n) is 11.5. The number of carbonyl (C=O) groups is 1. The van der Waals surface area contributed by atoms with Crippen LogP contribution in [0.1, 0.15) is 31.7 Å². The first-order valence-corrected chi connectivity index (χ1v) is 6.77. The molecule has 0 bridgehead atoms. The monoisotopic (exact) mass is 248 g/mol. The third-order valence-electron chi connectivity index (χ3n) is 2.96. The predicted octanol–water partition coefficient (Wildman–Crippen LogP) is 3.06. The topological polar surface area (TPSA) is 32.3 Å². The minimum atomic E-state index is 0.0384. The Bertz CT molecular complexity index is 338. The Morgan fingerprint density at radius 2 is 1.94 bits per heavy atom. The fourth-order valence-corrected chi connectivity index (χ4v) is 1.76. The Balaban J connectivity index is 2.12. The van der Waals surface area contributed by atoms with Crippen molar-refractivity contribution in [2.45, 2.75) is 32.6 Å². The van der Waals surface area contributed by atoms with Crippen LogP contribution < -0.4 is 5.32 Å². The molecule has 18 heavy (non-hydrogen) atoms. The first-order valence-electron chi connectivity index (χ1n) is 6.77. The number of amides is 2. The molecule has 0 aliphatic heterocycles. The highest BCUT2D eigenvalue weighted by Gasteiger charge is 2.05. The number of nitrogens with one attached hydrogen (secondary N) is 1. The molecule has 1 aromatic rings. The highest BCUT2D eigenvalue weighted by Crippen LogP contribution is 2.01. The van der Waals surface area contributed by atoms with Crippen LogP contribution in [0.25, 0.3) is 0 Å². The van der Waals surface area contributed by atoms with Crippen molar-refractivity contribution in [2.75, 3.05) is 20.1 Å². The maximum atomic E-state index is 11.7. The molecule has 0 fully saturated rings. The molecule has 0 aliphatic carbocycles. The van der Waals surface area contributed by atoms with Gasteiger partial charge in [0.1, 0.15) is 0 Å². The molecule has 0 aliphatic rings. The van der Waals surface area contributed by atoms with E-state index >= 15 is 0 Å². The smallest absolute Gasteiger partial charge is 0.317 e. The van der Waals surface area contributed by atoms with E-state index in [-0.39, 0.29) is 6.03 Å². The van der Waals surface area contributed by atoms with Crippen LogP contribution in [-0.2, 0) is 6.42 Å². The lowest BCUT2D eigenvalue weighted by molar-refractivity contribution is 0.208. The van der Waals surface area contributed by atoms with Crippen LogP contribution in [0.2, 0.25) is 0 Å². The molecule has 1 rings (SSSR count). The highest BCUT2D eigenvalue weighted by atomic mass is 16.2. The van der Waals surface area contributed by atoms with Gasteiger partial charge in [0.25, 0.3) is 0 Å². The molecule has 0 spiro atoms. The average molecular weight is 248 g/mol. The van der Waals surface area contributed by atoms with E-state index in [9.17, 15) is 4.79 Å². The molecule has 0 aromatic heterocycles. The summed E-state index contributed by atoms with van der Waals surface area (Å²) in [5, 5.41) is 2.95. The second-order valence-corrected chi connectivity index (χ2v) is 4.60. The van der Waals surface area contributed by atoms with Gasteiger partial charge in [-0.15, -0.1) is 0 Å². The van der Waals surface area contributed by atoms with Crippen molar-refractivity contribution < 1.29 is 4.79 Å². The summed E-state index contributed by atoms with van der Waals surface area (Å²) in [6.45, 7) is 3.71. The van der Waals surface area contributed by atoms with Gasteiger partial charge in [-0.2, -0.15) is 0 Å². The van der Waals surface area contributed by atoms with Crippen LogP contribution in [0.15, 0.2) is 30.3 Å². The predicted molar refractivity (Wildman–Crippen MR) is 75.7 cm³/mol. The zero-order valence-corrected chi connectivity index (χ0v) is 11.5. The molecule has 3 heteroatoms. The number of aryl methyl sites for hydroxylation is 1. The first-order chi connectivity index (χ1) is 8.74. The second-order valence-electron chi connectivity index (χ2n) is 4.60. The lowest BCUT2D eigenvalue weighted by Gasteiger charge is -2.17. The Kier molecular flexibility index (Phi) is 6.92. The highest BCUT2D eigenvalue weighted by molar-refractivity contribution is 5.73. The summed E-state index contributed by atoms with van der Waals surface area (Å²) >= 11 is 0. The van der Waals surface area contributed by atoms with Crippen LogP contribution in [0.4, 0.5) is 4.79 Å². The quantitative estimate of drug-likeness (QED) is 0.739. The third kappa shape index (κ3) is 5.71. The largest absolute Gasteiger partial charge is 0.338 e. The summed E-state index contributed by atoms with van der Waals surface area (Å²) < 4.78 is 0. The SMILES string of the molecule is CCCCN(C)C(=O)NCCCc1ccccc1. The van der Waals surface area contributed by atoms with E-state index in [2.05, 4.69) is 24.4 Å². The lowest BCUT2D eigenvalue weighted by Crippen LogP contribution is -2.38. The number of benzene rings is 1. The van der Waals surface area contributed by atoms with Crippen molar-refractivity contribution in [3.8, 4) is 0 Å². The van der Waals surface area contributed by atoms with Crippen LogP contribution in [-0.4, -0.2) is 31.1 Å². The number of rotatable bonds is 7. The van der Waals surface area contributed by atoms with Gasteiger partial charge in [0, 0.05) is 20.1 Å². The number of hydrogen-bond acceptors (Lipinski definition) is 1. The van der Waals surface area contributed by atoms with Crippen molar-refractivity contribution in [1.29, 1.82) is 0 Å². The maximum absolute atomic E-state index is 11.7. The van der Waals surface area contributed by atoms with Gasteiger partial charge < -0.3 is 10.2 Å². The van der Waals surface area contributed by atoms with Crippen molar-refractivity contribution in [2.24, 2.45) is 0 Å². The average Bonchev–Trinajstić information content (AvgIpc) is 2.41. The van der Waals surface area contributed by atoms with E-state index in [4.69, 9.17) is 0 Å². The molecule has 0 radical (unpaired) electrons. The summed E-state index contributed by atoms with van der Waals surface area (Å²) in [6, 6.07) is 10.4. The van der Waals surface area contributed by atoms with Gasteiger partial charge in [-0.3, -0.25) is 0 Å². The van der Waals surface area contributed by atoms with E-state index in [1.807, 2.05) is 25.2 Å². The van der Waals surface area contributed by atoms with E-state index in [1.54, 1.807) is 4.90 Å². The standard InChI is InChI=1S/C15H24N2O/c1-3-4-13-17(2)15(18)16-12-8-11-14-9-6-5-7-10-14/h5-7,9-10H,3-4,8,11-13H2,1-2H3,(H,16,18). The van der Waals surface area contributed by atoms with Gasteiger partial charge in [-0.25, -0.2) is 4.79 Å². The van der Waals surface area contributed by atoms with Gasteiger partial charge in [-0.05, 0) is 24.8 Å². The van der Waals surface area contributed by atoms with Crippen molar-refractivity contribution in [3.05, 3.63) is 35.9 Å². The van der Waals surface area contributed by atoms with Gasteiger partial charge in [0.05, 0.1) is 0 Å². The van der Waals surface area contributed by atoms with Crippen LogP contribution >= 0.6 is 0 Å². The minimum Gasteiger partial charge on any atom is -0.338 e. The number of unbranched alkanes of at least 4 members (excludes halogenated alkanes) is 1. The summed E-state index contributed by atoms with van der Waals surface area (Å²) in [4.78, 5) is 13.4. The fraction of sp³-hybridized carbons (Fsp3) is 0.533. The van der Waals surface area contributed by atoms with E-state index in [1.165, 1.54) is 5.56 Å². The van der Waals surface area contributed by atoms with Gasteiger partial charge in [0.15, 0.2) is 0 Å². The summed E-state index contributed by atoms with van der Waals surface area (Å²) in [5.41, 5.74) is 1.33. The Labute approximate surface area is 110 Å². The van der Waals surface area contributed by atoms with Crippen molar-refractivity contribution in [1.82, 2.24) is 10.2 Å². The first kappa shape index (κ1) is 14.6. The molecule has 0 unspecified atom stereocenters. The van der Waals surface area contributed by atoms with Crippen LogP contribution in [0.5, 0.6) is 0 Å². The Morgan fingerprint density at radius 1 is 1.22 bits per heavy atom. The molecule has 1 N–H and O–H groups in total. The molecule has 2 amide bonds. The second kappa shape index (κ2) is 8.56. The molecule has 0 saturated heterocycles. The van der Waals surface area contributed by atoms with Crippen molar-refractivity contribution in [3.63, 3.8) is 0 Å². The number of urea groups is 1.